The third-order valence-corrected chi connectivity index (χ3v) is 6.93. The van der Waals surface area contributed by atoms with Gasteiger partial charge in [-0.15, -0.1) is 11.3 Å². The van der Waals surface area contributed by atoms with Gasteiger partial charge < -0.3 is 5.32 Å². The summed E-state index contributed by atoms with van der Waals surface area (Å²) < 4.78 is 27.4. The molecule has 1 aliphatic rings. The van der Waals surface area contributed by atoms with Crippen LogP contribution in [0.5, 0.6) is 0 Å². The number of sulfonamides is 1. The highest BCUT2D eigenvalue weighted by Crippen LogP contribution is 2.35. The number of nitrogens with one attached hydrogen (secondary N) is 1. The van der Waals surface area contributed by atoms with Crippen molar-refractivity contribution in [2.24, 2.45) is 7.05 Å². The van der Waals surface area contributed by atoms with Gasteiger partial charge in [0.1, 0.15) is 0 Å². The van der Waals surface area contributed by atoms with E-state index in [0.29, 0.717) is 10.4 Å². The minimum atomic E-state index is -3.44. The minimum absolute atomic E-state index is 0.223. The second kappa shape index (κ2) is 5.18. The molecule has 0 aliphatic carbocycles. The summed E-state index contributed by atoms with van der Waals surface area (Å²) in [5, 5.41) is 8.70. The Bertz CT molecular complexity index is 837. The van der Waals surface area contributed by atoms with E-state index < -0.39 is 10.0 Å². The summed E-state index contributed by atoms with van der Waals surface area (Å²) in [6.07, 6.45) is 1.52. The van der Waals surface area contributed by atoms with Crippen LogP contribution in [-0.4, -0.2) is 42.0 Å². The van der Waals surface area contributed by atoms with Crippen LogP contribution in [0.3, 0.4) is 0 Å². The van der Waals surface area contributed by atoms with Crippen LogP contribution >= 0.6 is 11.3 Å². The first-order valence-electron chi connectivity index (χ1n) is 6.65. The van der Waals surface area contributed by atoms with Crippen LogP contribution in [0.25, 0.3) is 0 Å². The lowest BCUT2D eigenvalue weighted by Gasteiger charge is -2.29. The molecule has 0 saturated carbocycles. The Morgan fingerprint density at radius 2 is 2.18 bits per heavy atom. The Morgan fingerprint density at radius 1 is 1.45 bits per heavy atom. The molecule has 9 heteroatoms. The molecule has 2 aromatic rings. The topological polar surface area (TPSA) is 84.3 Å². The third kappa shape index (κ3) is 2.25. The second-order valence-electron chi connectivity index (χ2n) is 5.23. The van der Waals surface area contributed by atoms with E-state index in [2.05, 4.69) is 10.4 Å². The molecule has 118 valence electrons. The molecule has 7 nitrogen and oxygen atoms in total. The van der Waals surface area contributed by atoms with Crippen LogP contribution in [0.4, 0.5) is 0 Å². The molecule has 3 heterocycles. The van der Waals surface area contributed by atoms with Crippen molar-refractivity contribution in [2.45, 2.75) is 17.9 Å². The summed E-state index contributed by atoms with van der Waals surface area (Å²) in [6, 6.07) is 1.23. The van der Waals surface area contributed by atoms with Gasteiger partial charge in [-0.25, -0.2) is 8.42 Å². The normalized spacial score (nSPS) is 20.6. The van der Waals surface area contributed by atoms with Gasteiger partial charge in [-0.1, -0.05) is 0 Å². The summed E-state index contributed by atoms with van der Waals surface area (Å²) in [4.78, 5) is 13.4. The van der Waals surface area contributed by atoms with E-state index in [1.165, 1.54) is 28.9 Å². The number of carbonyl (C=O) groups excluding carboxylic acids is 1. The molecule has 0 aromatic carbocycles. The van der Waals surface area contributed by atoms with Crippen molar-refractivity contribution in [3.05, 3.63) is 33.8 Å². The highest BCUT2D eigenvalue weighted by Gasteiger charge is 2.36. The van der Waals surface area contributed by atoms with E-state index in [1.54, 1.807) is 23.2 Å². The molecule has 1 N–H and O–H groups in total. The zero-order valence-corrected chi connectivity index (χ0v) is 14.0. The largest absolute Gasteiger partial charge is 0.343 e. The highest BCUT2D eigenvalue weighted by molar-refractivity contribution is 7.89. The summed E-state index contributed by atoms with van der Waals surface area (Å²) >= 11 is 1.34. The average molecular weight is 340 g/mol. The number of aryl methyl sites for hydroxylation is 1. The van der Waals surface area contributed by atoms with E-state index in [0.717, 1.165) is 5.69 Å². The third-order valence-electron chi connectivity index (χ3n) is 3.89. The molecular weight excluding hydrogens is 324 g/mol. The predicted octanol–water partition coefficient (Wildman–Crippen LogP) is 0.895. The molecule has 1 atom stereocenters. The smallest absolute Gasteiger partial charge is 0.255 e. The molecule has 0 fully saturated rings. The first-order chi connectivity index (χ1) is 10.3. The van der Waals surface area contributed by atoms with Crippen LogP contribution in [0, 0.1) is 6.92 Å². The molecule has 3 rings (SSSR count). The van der Waals surface area contributed by atoms with Crippen molar-refractivity contribution in [3.8, 4) is 0 Å². The predicted molar refractivity (Wildman–Crippen MR) is 82.3 cm³/mol. The average Bonchev–Trinajstić information content (AvgIpc) is 3.06. The standard InChI is InChI=1S/C13H16N4O3S2/c1-8-9(6-14-17(8)3)13(18)15-10-7-16(2)22(19,20)11-4-5-21-12(10)11/h4-6,10H,7H2,1-3H3,(H,15,18). The van der Waals surface area contributed by atoms with Gasteiger partial charge in [0, 0.05) is 31.2 Å². The van der Waals surface area contributed by atoms with Crippen molar-refractivity contribution in [1.29, 1.82) is 0 Å². The number of rotatable bonds is 2. The number of aromatic nitrogens is 2. The van der Waals surface area contributed by atoms with Crippen molar-refractivity contribution in [3.63, 3.8) is 0 Å². The fourth-order valence-electron chi connectivity index (χ4n) is 2.45. The number of hydrogen-bond acceptors (Lipinski definition) is 5. The van der Waals surface area contributed by atoms with Gasteiger partial charge in [-0.2, -0.15) is 9.40 Å². The number of fused-ring (bicyclic) bond motifs is 1. The monoisotopic (exact) mass is 340 g/mol. The maximum atomic E-state index is 12.4. The SMILES string of the molecule is Cc1c(C(=O)NC2CN(C)S(=O)(=O)c3ccsc32)cnn1C. The molecule has 1 amide bonds. The molecule has 1 aliphatic heterocycles. The lowest BCUT2D eigenvalue weighted by atomic mass is 10.2. The summed E-state index contributed by atoms with van der Waals surface area (Å²) in [6.45, 7) is 2.04. The number of likely N-dealkylation sites (N-methyl/N-ethyl adjacent to an activating group) is 1. The van der Waals surface area contributed by atoms with Crippen LogP contribution < -0.4 is 5.32 Å². The minimum Gasteiger partial charge on any atom is -0.343 e. The Labute approximate surface area is 132 Å². The van der Waals surface area contributed by atoms with Crippen molar-refractivity contribution in [2.75, 3.05) is 13.6 Å². The Hall–Kier alpha value is -1.71. The first-order valence-corrected chi connectivity index (χ1v) is 8.97. The van der Waals surface area contributed by atoms with Crippen molar-refractivity contribution in [1.82, 2.24) is 19.4 Å². The van der Waals surface area contributed by atoms with E-state index >= 15 is 0 Å². The Kier molecular flexibility index (Phi) is 3.58. The van der Waals surface area contributed by atoms with Crippen molar-refractivity contribution >= 4 is 27.3 Å². The van der Waals surface area contributed by atoms with Crippen LogP contribution in [0.1, 0.15) is 27.0 Å². The maximum absolute atomic E-state index is 12.4. The molecule has 2 aromatic heterocycles. The quantitative estimate of drug-likeness (QED) is 0.880. The molecule has 0 radical (unpaired) electrons. The number of hydrogen-bond donors (Lipinski definition) is 1. The first kappa shape index (κ1) is 15.2. The van der Waals surface area contributed by atoms with Gasteiger partial charge in [0.15, 0.2) is 0 Å². The lowest BCUT2D eigenvalue weighted by Crippen LogP contribution is -2.42. The molecule has 22 heavy (non-hydrogen) atoms. The zero-order valence-electron chi connectivity index (χ0n) is 12.4. The second-order valence-corrected chi connectivity index (χ2v) is 8.19. The van der Waals surface area contributed by atoms with Crippen LogP contribution in [-0.2, 0) is 17.1 Å². The van der Waals surface area contributed by atoms with Crippen molar-refractivity contribution < 1.29 is 13.2 Å². The summed E-state index contributed by atoms with van der Waals surface area (Å²) in [7, 11) is -0.152. The lowest BCUT2D eigenvalue weighted by molar-refractivity contribution is 0.0931. The summed E-state index contributed by atoms with van der Waals surface area (Å²) in [5.74, 6) is -0.248. The molecule has 1 unspecified atom stereocenters. The van der Waals surface area contributed by atoms with E-state index in [4.69, 9.17) is 0 Å². The molecule has 0 bridgehead atoms. The molecule has 0 saturated heterocycles. The molecular formula is C13H16N4O3S2. The Balaban J connectivity index is 1.91. The van der Waals surface area contributed by atoms with E-state index in [1.807, 2.05) is 6.92 Å². The number of amides is 1. The van der Waals surface area contributed by atoms with Gasteiger partial charge >= 0.3 is 0 Å². The van der Waals surface area contributed by atoms with Gasteiger partial charge in [0.05, 0.1) is 22.7 Å². The fraction of sp³-hybridized carbons (Fsp3) is 0.385. The van der Waals surface area contributed by atoms with Crippen LogP contribution in [0.2, 0.25) is 0 Å². The Morgan fingerprint density at radius 3 is 2.82 bits per heavy atom. The summed E-state index contributed by atoms with van der Waals surface area (Å²) in [5.41, 5.74) is 1.26. The van der Waals surface area contributed by atoms with Gasteiger partial charge in [-0.3, -0.25) is 9.48 Å². The van der Waals surface area contributed by atoms with Gasteiger partial charge in [0.25, 0.3) is 5.91 Å². The van der Waals surface area contributed by atoms with Crippen LogP contribution in [0.15, 0.2) is 22.5 Å². The number of thiophene rings is 1. The number of nitrogens with zero attached hydrogens (tertiary/aromatic N) is 3. The maximum Gasteiger partial charge on any atom is 0.255 e. The van der Waals surface area contributed by atoms with E-state index in [-0.39, 0.29) is 23.4 Å². The number of carbonyl (C=O) groups is 1. The van der Waals surface area contributed by atoms with E-state index in [9.17, 15) is 13.2 Å². The van der Waals surface area contributed by atoms with Gasteiger partial charge in [0.2, 0.25) is 10.0 Å². The molecule has 0 spiro atoms. The fourth-order valence-corrected chi connectivity index (χ4v) is 5.15. The van der Waals surface area contributed by atoms with Gasteiger partial charge in [-0.05, 0) is 18.4 Å². The highest BCUT2D eigenvalue weighted by atomic mass is 32.2. The zero-order chi connectivity index (χ0) is 16.1.